The molecule has 1 rings (SSSR count). The molecule has 0 spiro atoms. The molecule has 0 saturated carbocycles. The van der Waals surface area contributed by atoms with E-state index in [9.17, 15) is 4.79 Å². The Labute approximate surface area is 95.2 Å². The van der Waals surface area contributed by atoms with Crippen LogP contribution in [-0.4, -0.2) is 12.7 Å². The first kappa shape index (κ1) is 11.9. The molecule has 0 fully saturated rings. The van der Waals surface area contributed by atoms with E-state index in [1.54, 1.807) is 6.92 Å². The third-order valence-electron chi connectivity index (χ3n) is 1.92. The smallest absolute Gasteiger partial charge is 0.411 e. The summed E-state index contributed by atoms with van der Waals surface area (Å²) < 4.78 is 4.81. The Morgan fingerprint density at radius 2 is 2.20 bits per heavy atom. The van der Waals surface area contributed by atoms with Crippen LogP contribution >= 0.6 is 12.6 Å². The van der Waals surface area contributed by atoms with Gasteiger partial charge < -0.3 is 4.74 Å². The van der Waals surface area contributed by atoms with Gasteiger partial charge in [0.1, 0.15) is 0 Å². The normalized spacial score (nSPS) is 11.9. The fourth-order valence-electron chi connectivity index (χ4n) is 1.25. The van der Waals surface area contributed by atoms with Gasteiger partial charge in [0.15, 0.2) is 0 Å². The number of ether oxygens (including phenoxy) is 1. The van der Waals surface area contributed by atoms with E-state index >= 15 is 0 Å². The van der Waals surface area contributed by atoms with Gasteiger partial charge in [0.05, 0.1) is 6.61 Å². The molecule has 82 valence electrons. The van der Waals surface area contributed by atoms with Gasteiger partial charge in [0.2, 0.25) is 0 Å². The van der Waals surface area contributed by atoms with Crippen LogP contribution in [-0.2, 0) is 4.74 Å². The minimum Gasteiger partial charge on any atom is -0.450 e. The molecule has 0 saturated heterocycles. The van der Waals surface area contributed by atoms with Crippen LogP contribution in [0, 0.1) is 0 Å². The number of benzene rings is 1. The maximum atomic E-state index is 11.2. The zero-order valence-corrected chi connectivity index (χ0v) is 9.75. The highest BCUT2D eigenvalue weighted by atomic mass is 32.1. The molecule has 15 heavy (non-hydrogen) atoms. The van der Waals surface area contributed by atoms with Crippen LogP contribution in [0.3, 0.4) is 0 Å². The van der Waals surface area contributed by atoms with Crippen LogP contribution in [0.4, 0.5) is 10.5 Å². The number of carbonyl (C=O) groups excluding carboxylic acids is 1. The Bertz CT molecular complexity index is 339. The highest BCUT2D eigenvalue weighted by Crippen LogP contribution is 2.26. The largest absolute Gasteiger partial charge is 0.450 e. The van der Waals surface area contributed by atoms with E-state index in [1.807, 2.05) is 31.2 Å². The molecule has 1 unspecified atom stereocenters. The summed E-state index contributed by atoms with van der Waals surface area (Å²) in [4.78, 5) is 11.2. The van der Waals surface area contributed by atoms with Gasteiger partial charge in [-0.1, -0.05) is 18.2 Å². The Kier molecular flexibility index (Phi) is 4.49. The van der Waals surface area contributed by atoms with E-state index in [0.29, 0.717) is 6.61 Å². The zero-order valence-electron chi connectivity index (χ0n) is 8.86. The Morgan fingerprint density at radius 3 is 2.80 bits per heavy atom. The molecule has 0 aliphatic carbocycles. The fourth-order valence-corrected chi connectivity index (χ4v) is 1.48. The van der Waals surface area contributed by atoms with Gasteiger partial charge in [0.25, 0.3) is 0 Å². The van der Waals surface area contributed by atoms with Gasteiger partial charge in [-0.05, 0) is 25.5 Å². The minimum absolute atomic E-state index is 0.0723. The number of amides is 1. The first-order valence-electron chi connectivity index (χ1n) is 4.86. The second-order valence-corrected chi connectivity index (χ2v) is 3.88. The van der Waals surface area contributed by atoms with Crippen molar-refractivity contribution in [2.24, 2.45) is 0 Å². The van der Waals surface area contributed by atoms with Crippen LogP contribution in [0.1, 0.15) is 24.7 Å². The van der Waals surface area contributed by atoms with Crippen molar-refractivity contribution in [3.05, 3.63) is 29.8 Å². The number of hydrogen-bond acceptors (Lipinski definition) is 3. The highest BCUT2D eigenvalue weighted by molar-refractivity contribution is 7.80. The summed E-state index contributed by atoms with van der Waals surface area (Å²) >= 11 is 4.34. The first-order valence-corrected chi connectivity index (χ1v) is 5.37. The van der Waals surface area contributed by atoms with Crippen molar-refractivity contribution in [3.63, 3.8) is 0 Å². The number of hydrogen-bond donors (Lipinski definition) is 2. The van der Waals surface area contributed by atoms with Crippen molar-refractivity contribution in [3.8, 4) is 0 Å². The molecule has 3 nitrogen and oxygen atoms in total. The topological polar surface area (TPSA) is 38.3 Å². The van der Waals surface area contributed by atoms with Gasteiger partial charge in [-0.25, -0.2) is 4.79 Å². The zero-order chi connectivity index (χ0) is 11.3. The van der Waals surface area contributed by atoms with E-state index in [-0.39, 0.29) is 5.25 Å². The Morgan fingerprint density at radius 1 is 1.53 bits per heavy atom. The van der Waals surface area contributed by atoms with Gasteiger partial charge in [0, 0.05) is 10.9 Å². The van der Waals surface area contributed by atoms with Crippen molar-refractivity contribution in [1.82, 2.24) is 0 Å². The summed E-state index contributed by atoms with van der Waals surface area (Å²) in [5.74, 6) is 0. The highest BCUT2D eigenvalue weighted by Gasteiger charge is 2.09. The molecule has 0 bridgehead atoms. The maximum absolute atomic E-state index is 11.2. The van der Waals surface area contributed by atoms with Crippen molar-refractivity contribution in [2.45, 2.75) is 19.1 Å². The molecule has 1 aromatic rings. The van der Waals surface area contributed by atoms with Crippen LogP contribution in [0.2, 0.25) is 0 Å². The Balaban J connectivity index is 2.80. The molecule has 1 atom stereocenters. The average molecular weight is 225 g/mol. The molecule has 0 radical (unpaired) electrons. The second-order valence-electron chi connectivity index (χ2n) is 3.11. The molecule has 4 heteroatoms. The summed E-state index contributed by atoms with van der Waals surface area (Å²) in [6.07, 6.45) is -0.432. The molecule has 0 aliphatic heterocycles. The summed E-state index contributed by atoms with van der Waals surface area (Å²) in [6.45, 7) is 4.09. The molecule has 1 amide bonds. The van der Waals surface area contributed by atoms with Crippen molar-refractivity contribution in [2.75, 3.05) is 11.9 Å². The number of anilines is 1. The number of nitrogens with one attached hydrogen (secondary N) is 1. The fraction of sp³-hybridized carbons (Fsp3) is 0.364. The van der Waals surface area contributed by atoms with Crippen LogP contribution in [0.25, 0.3) is 0 Å². The van der Waals surface area contributed by atoms with Crippen LogP contribution in [0.5, 0.6) is 0 Å². The van der Waals surface area contributed by atoms with E-state index < -0.39 is 6.09 Å². The van der Waals surface area contributed by atoms with Crippen molar-refractivity contribution in [1.29, 1.82) is 0 Å². The summed E-state index contributed by atoms with van der Waals surface area (Å²) in [6, 6.07) is 7.54. The maximum Gasteiger partial charge on any atom is 0.411 e. The number of thiol groups is 1. The van der Waals surface area contributed by atoms with Crippen LogP contribution < -0.4 is 5.32 Å². The third-order valence-corrected chi connectivity index (χ3v) is 2.20. The predicted octanol–water partition coefficient (Wildman–Crippen LogP) is 3.25. The molecular weight excluding hydrogens is 210 g/mol. The summed E-state index contributed by atoms with van der Waals surface area (Å²) in [5, 5.41) is 2.76. The lowest BCUT2D eigenvalue weighted by atomic mass is 10.1. The lowest BCUT2D eigenvalue weighted by molar-refractivity contribution is 0.168. The van der Waals surface area contributed by atoms with Crippen molar-refractivity contribution >= 4 is 24.4 Å². The second kappa shape index (κ2) is 5.66. The summed E-state index contributed by atoms with van der Waals surface area (Å²) in [5.41, 5.74) is 1.73. The van der Waals surface area contributed by atoms with E-state index in [1.165, 1.54) is 0 Å². The molecule has 0 aliphatic rings. The predicted molar refractivity (Wildman–Crippen MR) is 64.5 cm³/mol. The SMILES string of the molecule is CCOC(=O)Nc1ccccc1C(C)S. The van der Waals surface area contributed by atoms with Gasteiger partial charge in [-0.3, -0.25) is 5.32 Å². The quantitative estimate of drug-likeness (QED) is 0.775. The summed E-state index contributed by atoms with van der Waals surface area (Å²) in [7, 11) is 0. The van der Waals surface area contributed by atoms with E-state index in [0.717, 1.165) is 11.3 Å². The van der Waals surface area contributed by atoms with E-state index in [4.69, 9.17) is 4.74 Å². The number of para-hydroxylation sites is 1. The average Bonchev–Trinajstić information content (AvgIpc) is 2.18. The Hall–Kier alpha value is -1.16. The lowest BCUT2D eigenvalue weighted by Crippen LogP contribution is -2.14. The van der Waals surface area contributed by atoms with Crippen molar-refractivity contribution < 1.29 is 9.53 Å². The third kappa shape index (κ3) is 3.47. The van der Waals surface area contributed by atoms with E-state index in [2.05, 4.69) is 17.9 Å². The minimum atomic E-state index is -0.432. The molecule has 1 aromatic carbocycles. The lowest BCUT2D eigenvalue weighted by Gasteiger charge is -2.12. The first-order chi connectivity index (χ1) is 7.15. The molecule has 0 heterocycles. The number of rotatable bonds is 3. The molecule has 0 aromatic heterocycles. The molecule has 1 N–H and O–H groups in total. The van der Waals surface area contributed by atoms with Crippen LogP contribution in [0.15, 0.2) is 24.3 Å². The standard InChI is InChI=1S/C11H15NO2S/c1-3-14-11(13)12-10-7-5-4-6-9(10)8(2)15/h4-8,15H,3H2,1-2H3,(H,12,13). The number of carbonyl (C=O) groups is 1. The van der Waals surface area contributed by atoms with Gasteiger partial charge in [-0.15, -0.1) is 0 Å². The monoisotopic (exact) mass is 225 g/mol. The van der Waals surface area contributed by atoms with Gasteiger partial charge in [-0.2, -0.15) is 12.6 Å². The van der Waals surface area contributed by atoms with Gasteiger partial charge >= 0.3 is 6.09 Å². The molecular formula is C11H15NO2S.